The average molecular weight is 238 g/mol. The molecule has 0 atom stereocenters. The van der Waals surface area contributed by atoms with Gasteiger partial charge in [-0.2, -0.15) is 0 Å². The molecule has 0 unspecified atom stereocenters. The van der Waals surface area contributed by atoms with E-state index in [1.807, 2.05) is 19.9 Å². The Morgan fingerprint density at radius 3 is 2.76 bits per heavy atom. The number of nitrogens with one attached hydrogen (secondary N) is 1. The number of nitrogens with zero attached hydrogens (tertiary/aromatic N) is 1. The van der Waals surface area contributed by atoms with Gasteiger partial charge in [0.15, 0.2) is 0 Å². The van der Waals surface area contributed by atoms with Crippen LogP contribution in [-0.4, -0.2) is 24.2 Å². The molecule has 0 heterocycles. The summed E-state index contributed by atoms with van der Waals surface area (Å²) in [5.74, 6) is 0. The van der Waals surface area contributed by atoms with Crippen LogP contribution in [0.2, 0.25) is 0 Å². The molecule has 0 amide bonds. The molecular formula is C12H18N2O3. The minimum absolute atomic E-state index is 0.119. The predicted molar refractivity (Wildman–Crippen MR) is 65.9 cm³/mol. The molecule has 5 heteroatoms. The molecule has 0 aliphatic rings. The Morgan fingerprint density at radius 2 is 2.18 bits per heavy atom. The molecule has 5 nitrogen and oxygen atoms in total. The van der Waals surface area contributed by atoms with Crippen LogP contribution >= 0.6 is 0 Å². The van der Waals surface area contributed by atoms with Crippen LogP contribution in [0.15, 0.2) is 24.3 Å². The Kier molecular flexibility index (Phi) is 4.60. The standard InChI is InChI=1S/C12H18N2O3/c1-12(2,9-17-3)13-8-10-5-4-6-11(7-10)14(15)16/h4-7,13H,8-9H2,1-3H3. The number of rotatable bonds is 6. The van der Waals surface area contributed by atoms with E-state index in [1.54, 1.807) is 19.2 Å². The third-order valence-electron chi connectivity index (χ3n) is 2.40. The van der Waals surface area contributed by atoms with Gasteiger partial charge in [-0.3, -0.25) is 10.1 Å². The van der Waals surface area contributed by atoms with Crippen LogP contribution in [-0.2, 0) is 11.3 Å². The largest absolute Gasteiger partial charge is 0.383 e. The van der Waals surface area contributed by atoms with Crippen LogP contribution in [0.3, 0.4) is 0 Å². The summed E-state index contributed by atoms with van der Waals surface area (Å²) in [5, 5.41) is 13.9. The first-order chi connectivity index (χ1) is 7.94. The van der Waals surface area contributed by atoms with Gasteiger partial charge in [0.25, 0.3) is 5.69 Å². The molecule has 0 saturated carbocycles. The summed E-state index contributed by atoms with van der Waals surface area (Å²) in [4.78, 5) is 10.2. The number of non-ortho nitro benzene ring substituents is 1. The van der Waals surface area contributed by atoms with Gasteiger partial charge in [-0.15, -0.1) is 0 Å². The summed E-state index contributed by atoms with van der Waals surface area (Å²) < 4.78 is 5.09. The molecule has 94 valence electrons. The van der Waals surface area contributed by atoms with Crippen molar-refractivity contribution in [1.82, 2.24) is 5.32 Å². The molecule has 17 heavy (non-hydrogen) atoms. The van der Waals surface area contributed by atoms with E-state index in [-0.39, 0.29) is 16.1 Å². The van der Waals surface area contributed by atoms with Crippen LogP contribution in [0, 0.1) is 10.1 Å². The second-order valence-electron chi connectivity index (χ2n) is 4.60. The van der Waals surface area contributed by atoms with Crippen LogP contribution in [0.1, 0.15) is 19.4 Å². The van der Waals surface area contributed by atoms with Crippen LogP contribution in [0.4, 0.5) is 5.69 Å². The minimum Gasteiger partial charge on any atom is -0.383 e. The Bertz CT molecular complexity index is 391. The zero-order chi connectivity index (χ0) is 12.9. The Hall–Kier alpha value is -1.46. The molecule has 0 saturated heterocycles. The second kappa shape index (κ2) is 5.75. The Morgan fingerprint density at radius 1 is 1.47 bits per heavy atom. The Labute approximate surface area is 101 Å². The summed E-state index contributed by atoms with van der Waals surface area (Å²) in [6.45, 7) is 5.21. The van der Waals surface area contributed by atoms with Crippen LogP contribution in [0.5, 0.6) is 0 Å². The van der Waals surface area contributed by atoms with Gasteiger partial charge in [0, 0.05) is 31.3 Å². The van der Waals surface area contributed by atoms with E-state index in [0.717, 1.165) is 5.56 Å². The highest BCUT2D eigenvalue weighted by Gasteiger charge is 2.16. The second-order valence-corrected chi connectivity index (χ2v) is 4.60. The van der Waals surface area contributed by atoms with E-state index < -0.39 is 0 Å². The molecule has 0 fully saturated rings. The molecule has 1 rings (SSSR count). The van der Waals surface area contributed by atoms with Gasteiger partial charge in [0.05, 0.1) is 11.5 Å². The van der Waals surface area contributed by atoms with E-state index in [0.29, 0.717) is 13.2 Å². The van der Waals surface area contributed by atoms with Crippen molar-refractivity contribution in [2.24, 2.45) is 0 Å². The normalized spacial score (nSPS) is 11.5. The predicted octanol–water partition coefficient (Wildman–Crippen LogP) is 2.11. The Balaban J connectivity index is 2.63. The van der Waals surface area contributed by atoms with Gasteiger partial charge in [-0.05, 0) is 19.4 Å². The van der Waals surface area contributed by atoms with Crippen LogP contribution < -0.4 is 5.32 Å². The molecule has 0 bridgehead atoms. The number of ether oxygens (including phenoxy) is 1. The number of methoxy groups -OCH3 is 1. The molecule has 1 aromatic rings. The number of nitro groups is 1. The minimum atomic E-state index is -0.385. The van der Waals surface area contributed by atoms with Gasteiger partial charge in [-0.25, -0.2) is 0 Å². The van der Waals surface area contributed by atoms with Gasteiger partial charge in [0.2, 0.25) is 0 Å². The highest BCUT2D eigenvalue weighted by Crippen LogP contribution is 2.14. The maximum absolute atomic E-state index is 10.6. The molecule has 0 aliphatic heterocycles. The van der Waals surface area contributed by atoms with E-state index in [2.05, 4.69) is 5.32 Å². The van der Waals surface area contributed by atoms with E-state index in [9.17, 15) is 10.1 Å². The van der Waals surface area contributed by atoms with Crippen molar-refractivity contribution in [3.05, 3.63) is 39.9 Å². The molecule has 0 aromatic heterocycles. The van der Waals surface area contributed by atoms with Gasteiger partial charge in [0.1, 0.15) is 0 Å². The summed E-state index contributed by atoms with van der Waals surface area (Å²) in [7, 11) is 1.65. The lowest BCUT2D eigenvalue weighted by atomic mass is 10.1. The molecule has 0 radical (unpaired) electrons. The van der Waals surface area contributed by atoms with Crippen molar-refractivity contribution >= 4 is 5.69 Å². The van der Waals surface area contributed by atoms with Crippen molar-refractivity contribution in [1.29, 1.82) is 0 Å². The topological polar surface area (TPSA) is 64.4 Å². The molecule has 0 spiro atoms. The summed E-state index contributed by atoms with van der Waals surface area (Å²) >= 11 is 0. The fourth-order valence-electron chi connectivity index (χ4n) is 1.53. The fraction of sp³-hybridized carbons (Fsp3) is 0.500. The summed E-state index contributed by atoms with van der Waals surface area (Å²) in [6, 6.07) is 6.63. The van der Waals surface area contributed by atoms with Crippen molar-refractivity contribution in [3.8, 4) is 0 Å². The quantitative estimate of drug-likeness (QED) is 0.609. The number of benzene rings is 1. The smallest absolute Gasteiger partial charge is 0.269 e. The molecule has 0 aliphatic carbocycles. The molecule has 1 N–H and O–H groups in total. The zero-order valence-electron chi connectivity index (χ0n) is 10.4. The number of hydrogen-bond donors (Lipinski definition) is 1. The third-order valence-corrected chi connectivity index (χ3v) is 2.40. The first-order valence-electron chi connectivity index (χ1n) is 5.42. The SMILES string of the molecule is COCC(C)(C)NCc1cccc([N+](=O)[O-])c1. The summed E-state index contributed by atoms with van der Waals surface area (Å²) in [5.41, 5.74) is 0.858. The van der Waals surface area contributed by atoms with Gasteiger partial charge >= 0.3 is 0 Å². The maximum Gasteiger partial charge on any atom is 0.269 e. The lowest BCUT2D eigenvalue weighted by molar-refractivity contribution is -0.384. The first kappa shape index (κ1) is 13.6. The monoisotopic (exact) mass is 238 g/mol. The van der Waals surface area contributed by atoms with Crippen molar-refractivity contribution in [2.45, 2.75) is 25.9 Å². The van der Waals surface area contributed by atoms with Crippen molar-refractivity contribution < 1.29 is 9.66 Å². The summed E-state index contributed by atoms with van der Waals surface area (Å²) in [6.07, 6.45) is 0. The highest BCUT2D eigenvalue weighted by molar-refractivity contribution is 5.34. The third kappa shape index (κ3) is 4.50. The number of nitro benzene ring substituents is 1. The van der Waals surface area contributed by atoms with Crippen molar-refractivity contribution in [3.63, 3.8) is 0 Å². The van der Waals surface area contributed by atoms with E-state index in [1.165, 1.54) is 6.07 Å². The maximum atomic E-state index is 10.6. The lowest BCUT2D eigenvalue weighted by Gasteiger charge is -2.25. The van der Waals surface area contributed by atoms with Gasteiger partial charge < -0.3 is 10.1 Å². The first-order valence-corrected chi connectivity index (χ1v) is 5.42. The molecule has 1 aromatic carbocycles. The number of hydrogen-bond acceptors (Lipinski definition) is 4. The lowest BCUT2D eigenvalue weighted by Crippen LogP contribution is -2.42. The van der Waals surface area contributed by atoms with Crippen molar-refractivity contribution in [2.75, 3.05) is 13.7 Å². The van der Waals surface area contributed by atoms with E-state index >= 15 is 0 Å². The average Bonchev–Trinajstić information content (AvgIpc) is 2.27. The fourth-order valence-corrected chi connectivity index (χ4v) is 1.53. The van der Waals surface area contributed by atoms with Crippen LogP contribution in [0.25, 0.3) is 0 Å². The van der Waals surface area contributed by atoms with E-state index in [4.69, 9.17) is 4.74 Å². The molecular weight excluding hydrogens is 220 g/mol. The zero-order valence-corrected chi connectivity index (χ0v) is 10.4. The highest BCUT2D eigenvalue weighted by atomic mass is 16.6. The van der Waals surface area contributed by atoms with Gasteiger partial charge in [-0.1, -0.05) is 12.1 Å².